The number of fused-ring (bicyclic) bond motifs is 1. The van der Waals surface area contributed by atoms with E-state index in [0.717, 1.165) is 16.5 Å². The molecule has 1 aliphatic heterocycles. The molecular formula is C22H24N4O3. The van der Waals surface area contributed by atoms with E-state index in [-0.39, 0.29) is 17.7 Å². The largest absolute Gasteiger partial charge is 0.489 e. The number of amides is 2. The van der Waals surface area contributed by atoms with Crippen LogP contribution in [0.4, 0.5) is 5.82 Å². The van der Waals surface area contributed by atoms with E-state index in [0.29, 0.717) is 44.1 Å². The van der Waals surface area contributed by atoms with Crippen LogP contribution in [0.25, 0.3) is 10.9 Å². The van der Waals surface area contributed by atoms with Crippen LogP contribution in [0.3, 0.4) is 0 Å². The topological polar surface area (TPSA) is 87.3 Å². The third kappa shape index (κ3) is 4.39. The number of piperidine rings is 1. The molecule has 3 aromatic rings. The summed E-state index contributed by atoms with van der Waals surface area (Å²) >= 11 is 0. The highest BCUT2D eigenvalue weighted by atomic mass is 16.5. The van der Waals surface area contributed by atoms with Crippen LogP contribution in [-0.2, 0) is 16.2 Å². The number of aromatic amines is 1. The van der Waals surface area contributed by atoms with E-state index in [2.05, 4.69) is 15.5 Å². The number of nitrogens with one attached hydrogen (secondary N) is 2. The highest BCUT2D eigenvalue weighted by Crippen LogP contribution is 2.27. The first-order valence-electron chi connectivity index (χ1n) is 9.81. The number of H-pyrrole nitrogens is 1. The predicted octanol–water partition coefficient (Wildman–Crippen LogP) is 3.34. The summed E-state index contributed by atoms with van der Waals surface area (Å²) in [7, 11) is 0. The Morgan fingerprint density at radius 2 is 1.93 bits per heavy atom. The Kier molecular flexibility index (Phi) is 5.46. The molecule has 0 saturated carbocycles. The number of benzene rings is 2. The quantitative estimate of drug-likeness (QED) is 0.697. The lowest BCUT2D eigenvalue weighted by atomic mass is 9.96. The summed E-state index contributed by atoms with van der Waals surface area (Å²) in [6, 6.07) is 15.6. The number of likely N-dealkylation sites (tertiary alicyclic amines) is 1. The van der Waals surface area contributed by atoms with Crippen molar-refractivity contribution in [3.63, 3.8) is 0 Å². The normalized spacial score (nSPS) is 14.7. The summed E-state index contributed by atoms with van der Waals surface area (Å²) in [6.07, 6.45) is 1.33. The Morgan fingerprint density at radius 1 is 1.17 bits per heavy atom. The second kappa shape index (κ2) is 8.34. The number of hydrogen-bond donors (Lipinski definition) is 2. The SMILES string of the molecule is CC(=O)N1CCC(C(=O)Nc2n[nH]c3ccc(OCc4ccccc4)cc23)CC1. The van der Waals surface area contributed by atoms with Gasteiger partial charge in [0.15, 0.2) is 5.82 Å². The molecule has 2 amide bonds. The first kappa shape index (κ1) is 19.0. The molecule has 2 aromatic carbocycles. The molecule has 2 N–H and O–H groups in total. The molecule has 0 radical (unpaired) electrons. The molecule has 0 atom stereocenters. The van der Waals surface area contributed by atoms with E-state index < -0.39 is 0 Å². The Hall–Kier alpha value is -3.35. The van der Waals surface area contributed by atoms with Crippen molar-refractivity contribution >= 4 is 28.5 Å². The number of ether oxygens (including phenoxy) is 1. The van der Waals surface area contributed by atoms with E-state index in [9.17, 15) is 9.59 Å². The zero-order chi connectivity index (χ0) is 20.2. The Balaban J connectivity index is 1.42. The molecule has 7 nitrogen and oxygen atoms in total. The van der Waals surface area contributed by atoms with Gasteiger partial charge >= 0.3 is 0 Å². The van der Waals surface area contributed by atoms with Crippen LogP contribution < -0.4 is 10.1 Å². The van der Waals surface area contributed by atoms with Gasteiger partial charge in [-0.2, -0.15) is 5.10 Å². The fraction of sp³-hybridized carbons (Fsp3) is 0.318. The van der Waals surface area contributed by atoms with Crippen molar-refractivity contribution in [2.45, 2.75) is 26.4 Å². The molecule has 0 bridgehead atoms. The molecule has 0 unspecified atom stereocenters. The molecular weight excluding hydrogens is 368 g/mol. The van der Waals surface area contributed by atoms with Crippen LogP contribution >= 0.6 is 0 Å². The Bertz CT molecular complexity index is 1010. The van der Waals surface area contributed by atoms with Crippen LogP contribution in [0.15, 0.2) is 48.5 Å². The number of carbonyl (C=O) groups excluding carboxylic acids is 2. The molecule has 150 valence electrons. The molecule has 1 aromatic heterocycles. The smallest absolute Gasteiger partial charge is 0.228 e. The van der Waals surface area contributed by atoms with Gasteiger partial charge in [0.2, 0.25) is 11.8 Å². The maximum atomic E-state index is 12.7. The van der Waals surface area contributed by atoms with Crippen LogP contribution in [0.1, 0.15) is 25.3 Å². The van der Waals surface area contributed by atoms with Gasteiger partial charge in [0.05, 0.1) is 5.52 Å². The van der Waals surface area contributed by atoms with Crippen molar-refractivity contribution in [3.8, 4) is 5.75 Å². The van der Waals surface area contributed by atoms with Crippen molar-refractivity contribution in [2.75, 3.05) is 18.4 Å². The van der Waals surface area contributed by atoms with Gasteiger partial charge in [-0.25, -0.2) is 0 Å². The van der Waals surface area contributed by atoms with E-state index in [1.807, 2.05) is 48.5 Å². The van der Waals surface area contributed by atoms with E-state index in [4.69, 9.17) is 4.74 Å². The zero-order valence-electron chi connectivity index (χ0n) is 16.4. The van der Waals surface area contributed by atoms with Crippen LogP contribution in [0.5, 0.6) is 5.75 Å². The van der Waals surface area contributed by atoms with Crippen LogP contribution in [0, 0.1) is 5.92 Å². The van der Waals surface area contributed by atoms with Crippen LogP contribution in [-0.4, -0.2) is 40.0 Å². The van der Waals surface area contributed by atoms with Crippen molar-refractivity contribution in [3.05, 3.63) is 54.1 Å². The average molecular weight is 392 g/mol. The van der Waals surface area contributed by atoms with Crippen molar-refractivity contribution in [1.82, 2.24) is 15.1 Å². The summed E-state index contributed by atoms with van der Waals surface area (Å²) in [4.78, 5) is 25.9. The average Bonchev–Trinajstić information content (AvgIpc) is 3.15. The van der Waals surface area contributed by atoms with Crippen LogP contribution in [0.2, 0.25) is 0 Å². The van der Waals surface area contributed by atoms with Gasteiger partial charge in [0.1, 0.15) is 12.4 Å². The standard InChI is InChI=1S/C22H24N4O3/c1-15(27)26-11-9-17(10-12-26)22(28)23-21-19-13-18(7-8-20(19)24-25-21)29-14-16-5-3-2-4-6-16/h2-8,13,17H,9-12,14H2,1H3,(H2,23,24,25,28). The number of nitrogens with zero attached hydrogens (tertiary/aromatic N) is 2. The lowest BCUT2D eigenvalue weighted by Crippen LogP contribution is -2.40. The molecule has 4 rings (SSSR count). The molecule has 1 saturated heterocycles. The molecule has 1 aliphatic rings. The van der Waals surface area contributed by atoms with Gasteiger partial charge in [-0.3, -0.25) is 14.7 Å². The minimum atomic E-state index is -0.116. The summed E-state index contributed by atoms with van der Waals surface area (Å²) in [5.74, 6) is 1.11. The second-order valence-corrected chi connectivity index (χ2v) is 7.32. The minimum absolute atomic E-state index is 0.0581. The first-order valence-corrected chi connectivity index (χ1v) is 9.81. The maximum absolute atomic E-state index is 12.7. The van der Waals surface area contributed by atoms with Gasteiger partial charge < -0.3 is 15.0 Å². The summed E-state index contributed by atoms with van der Waals surface area (Å²) in [6.45, 7) is 3.27. The fourth-order valence-electron chi connectivity index (χ4n) is 3.59. The fourth-order valence-corrected chi connectivity index (χ4v) is 3.59. The van der Waals surface area contributed by atoms with E-state index >= 15 is 0 Å². The molecule has 29 heavy (non-hydrogen) atoms. The summed E-state index contributed by atoms with van der Waals surface area (Å²) in [5.41, 5.74) is 1.92. The van der Waals surface area contributed by atoms with Gasteiger partial charge in [-0.1, -0.05) is 30.3 Å². The first-order chi connectivity index (χ1) is 14.1. The molecule has 0 aliphatic carbocycles. The van der Waals surface area contributed by atoms with Crippen molar-refractivity contribution in [2.24, 2.45) is 5.92 Å². The van der Waals surface area contributed by atoms with E-state index in [1.54, 1.807) is 11.8 Å². The molecule has 7 heteroatoms. The maximum Gasteiger partial charge on any atom is 0.228 e. The number of anilines is 1. The van der Waals surface area contributed by atoms with Gasteiger partial charge in [-0.15, -0.1) is 0 Å². The number of carbonyl (C=O) groups is 2. The number of aromatic nitrogens is 2. The summed E-state index contributed by atoms with van der Waals surface area (Å²) in [5, 5.41) is 11.0. The highest BCUT2D eigenvalue weighted by molar-refractivity contribution is 6.00. The zero-order valence-corrected chi connectivity index (χ0v) is 16.4. The van der Waals surface area contributed by atoms with Gasteiger partial charge in [0.25, 0.3) is 0 Å². The Labute approximate surface area is 169 Å². The predicted molar refractivity (Wildman–Crippen MR) is 110 cm³/mol. The third-order valence-corrected chi connectivity index (χ3v) is 5.34. The number of hydrogen-bond acceptors (Lipinski definition) is 4. The van der Waals surface area contributed by atoms with Gasteiger partial charge in [-0.05, 0) is 36.6 Å². The Morgan fingerprint density at radius 3 is 2.66 bits per heavy atom. The molecule has 2 heterocycles. The third-order valence-electron chi connectivity index (χ3n) is 5.34. The van der Waals surface area contributed by atoms with Crippen molar-refractivity contribution < 1.29 is 14.3 Å². The van der Waals surface area contributed by atoms with E-state index in [1.165, 1.54) is 0 Å². The van der Waals surface area contributed by atoms with Gasteiger partial charge in [0, 0.05) is 31.3 Å². The highest BCUT2D eigenvalue weighted by Gasteiger charge is 2.26. The lowest BCUT2D eigenvalue weighted by molar-refractivity contribution is -0.132. The second-order valence-electron chi connectivity index (χ2n) is 7.32. The minimum Gasteiger partial charge on any atom is -0.489 e. The lowest BCUT2D eigenvalue weighted by Gasteiger charge is -2.30. The number of rotatable bonds is 5. The summed E-state index contributed by atoms with van der Waals surface area (Å²) < 4.78 is 5.89. The monoisotopic (exact) mass is 392 g/mol. The molecule has 0 spiro atoms. The van der Waals surface area contributed by atoms with Crippen molar-refractivity contribution in [1.29, 1.82) is 0 Å². The molecule has 1 fully saturated rings.